The van der Waals surface area contributed by atoms with Crippen LogP contribution in [-0.4, -0.2) is 82.3 Å². The van der Waals surface area contributed by atoms with Crippen LogP contribution in [0.2, 0.25) is 0 Å². The molecule has 0 saturated heterocycles. The van der Waals surface area contributed by atoms with Gasteiger partial charge in [-0.3, -0.25) is 9.59 Å². The lowest BCUT2D eigenvalue weighted by Gasteiger charge is -2.26. The van der Waals surface area contributed by atoms with Crippen molar-refractivity contribution in [2.45, 2.75) is 277 Å². The van der Waals surface area contributed by atoms with E-state index in [1.165, 1.54) is 199 Å². The Kier molecular flexibility index (Phi) is 46.1. The fourth-order valence-electron chi connectivity index (χ4n) is 8.00. The van der Waals surface area contributed by atoms with Gasteiger partial charge in [0.2, 0.25) is 0 Å². The maximum absolute atomic E-state index is 12.8. The number of carboxylic acids is 1. The van der Waals surface area contributed by atoms with Crippen LogP contribution in [0.5, 0.6) is 0 Å². The zero-order valence-corrected chi connectivity index (χ0v) is 42.9. The molecule has 0 amide bonds. The summed E-state index contributed by atoms with van der Waals surface area (Å²) in [5.74, 6) is -2.27. The van der Waals surface area contributed by atoms with Gasteiger partial charge in [0.15, 0.2) is 12.4 Å². The molecule has 0 aliphatic heterocycles. The molecule has 0 aliphatic carbocycles. The maximum atomic E-state index is 12.8. The number of unbranched alkanes of at least 4 members (excludes halogenated alkanes) is 34. The molecule has 64 heavy (non-hydrogen) atoms. The topological polar surface area (TPSA) is 111 Å². The normalized spacial score (nSPS) is 12.8. The van der Waals surface area contributed by atoms with Crippen LogP contribution in [0, 0.1) is 0 Å². The standard InChI is InChI=1S/C55H105NO8/c1-6-8-10-12-14-16-17-18-19-20-21-22-23-24-25-26-27-28-29-30-31-32-33-34-35-36-37-38-40-42-44-46-53(58)64-51(50-63-55(54(59)60)61-48-47-56(3,4)5)49-62-52(57)45-43-41-39-15-13-11-9-7-2/h20-21,51,55H,6-19,22-50H2,1-5H3/b21-20-. The van der Waals surface area contributed by atoms with E-state index in [1.807, 2.05) is 21.1 Å². The van der Waals surface area contributed by atoms with Gasteiger partial charge in [0, 0.05) is 12.8 Å². The maximum Gasteiger partial charge on any atom is 0.306 e. The second-order valence-corrected chi connectivity index (χ2v) is 19.9. The van der Waals surface area contributed by atoms with Crippen LogP contribution >= 0.6 is 0 Å². The molecule has 9 nitrogen and oxygen atoms in total. The molecule has 2 unspecified atom stereocenters. The lowest BCUT2D eigenvalue weighted by atomic mass is 10.0. The van der Waals surface area contributed by atoms with Gasteiger partial charge < -0.3 is 33.3 Å². The number of carboxylic acid groups (broad SMARTS) is 1. The third-order valence-corrected chi connectivity index (χ3v) is 12.3. The fourth-order valence-corrected chi connectivity index (χ4v) is 8.00. The molecule has 0 saturated carbocycles. The van der Waals surface area contributed by atoms with Gasteiger partial charge in [0.1, 0.15) is 13.2 Å². The van der Waals surface area contributed by atoms with Gasteiger partial charge in [0.25, 0.3) is 0 Å². The van der Waals surface area contributed by atoms with E-state index < -0.39 is 24.3 Å². The monoisotopic (exact) mass is 908 g/mol. The number of esters is 2. The van der Waals surface area contributed by atoms with Crippen LogP contribution in [0.15, 0.2) is 12.2 Å². The average molecular weight is 908 g/mol. The molecule has 378 valence electrons. The first-order chi connectivity index (χ1) is 31.1. The molecule has 0 bridgehead atoms. The van der Waals surface area contributed by atoms with Crippen molar-refractivity contribution in [1.82, 2.24) is 0 Å². The Morgan fingerprint density at radius 1 is 0.453 bits per heavy atom. The number of hydrogen-bond acceptors (Lipinski definition) is 8. The number of aliphatic carboxylic acids is 1. The van der Waals surface area contributed by atoms with Gasteiger partial charge in [-0.1, -0.05) is 225 Å². The SMILES string of the molecule is CCCCCCCCCC/C=C\CCCCCCCCCCCCCCCCCCCCCC(=O)OC(COC(=O)CCCCCCCCCC)COC(OCC[N+](C)(C)C)C(=O)[O-]. The number of likely N-dealkylation sites (N-methyl/N-ethyl adjacent to an activating group) is 1. The summed E-state index contributed by atoms with van der Waals surface area (Å²) in [5.41, 5.74) is 0. The number of ether oxygens (including phenoxy) is 4. The van der Waals surface area contributed by atoms with E-state index in [2.05, 4.69) is 26.0 Å². The Bertz CT molecular complexity index is 1060. The third-order valence-electron chi connectivity index (χ3n) is 12.3. The van der Waals surface area contributed by atoms with E-state index in [9.17, 15) is 19.5 Å². The number of quaternary nitrogens is 1. The summed E-state index contributed by atoms with van der Waals surface area (Å²) < 4.78 is 22.6. The Hall–Kier alpha value is -1.97. The van der Waals surface area contributed by atoms with Crippen LogP contribution in [0.25, 0.3) is 0 Å². The quantitative estimate of drug-likeness (QED) is 0.0195. The molecule has 0 aromatic heterocycles. The highest BCUT2D eigenvalue weighted by atomic mass is 16.7. The molecule has 0 heterocycles. The number of carbonyl (C=O) groups excluding carboxylic acids is 3. The molecule has 0 aliphatic rings. The Labute approximate surface area is 395 Å². The van der Waals surface area contributed by atoms with Crippen LogP contribution in [-0.2, 0) is 33.3 Å². The molecule has 0 fully saturated rings. The highest BCUT2D eigenvalue weighted by molar-refractivity contribution is 5.70. The van der Waals surface area contributed by atoms with Crippen molar-refractivity contribution in [3.8, 4) is 0 Å². The lowest BCUT2D eigenvalue weighted by molar-refractivity contribution is -0.870. The lowest BCUT2D eigenvalue weighted by Crippen LogP contribution is -2.44. The van der Waals surface area contributed by atoms with Crippen molar-refractivity contribution in [1.29, 1.82) is 0 Å². The van der Waals surface area contributed by atoms with E-state index in [4.69, 9.17) is 18.9 Å². The Morgan fingerprint density at radius 2 is 0.797 bits per heavy atom. The van der Waals surface area contributed by atoms with Crippen molar-refractivity contribution < 1.29 is 42.9 Å². The molecule has 0 radical (unpaired) electrons. The highest BCUT2D eigenvalue weighted by Crippen LogP contribution is 2.17. The molecule has 0 rings (SSSR count). The number of carbonyl (C=O) groups is 3. The number of nitrogens with zero attached hydrogens (tertiary/aromatic N) is 1. The molecule has 0 aromatic rings. The molecular formula is C55H105NO8. The van der Waals surface area contributed by atoms with E-state index in [0.29, 0.717) is 17.4 Å². The molecule has 9 heteroatoms. The summed E-state index contributed by atoms with van der Waals surface area (Å²) >= 11 is 0. The summed E-state index contributed by atoms with van der Waals surface area (Å²) in [7, 11) is 5.92. The van der Waals surface area contributed by atoms with Gasteiger partial charge >= 0.3 is 11.9 Å². The van der Waals surface area contributed by atoms with E-state index in [0.717, 1.165) is 38.5 Å². The van der Waals surface area contributed by atoms with Crippen molar-refractivity contribution in [2.24, 2.45) is 0 Å². The zero-order valence-electron chi connectivity index (χ0n) is 42.9. The van der Waals surface area contributed by atoms with Crippen LogP contribution in [0.4, 0.5) is 0 Å². The molecular weight excluding hydrogens is 803 g/mol. The van der Waals surface area contributed by atoms with Gasteiger partial charge in [-0.2, -0.15) is 0 Å². The predicted octanol–water partition coefficient (Wildman–Crippen LogP) is 14.1. The van der Waals surface area contributed by atoms with Crippen LogP contribution < -0.4 is 5.11 Å². The minimum atomic E-state index is -1.61. The highest BCUT2D eigenvalue weighted by Gasteiger charge is 2.22. The van der Waals surface area contributed by atoms with Crippen LogP contribution in [0.3, 0.4) is 0 Å². The largest absolute Gasteiger partial charge is 0.545 e. The summed E-state index contributed by atoms with van der Waals surface area (Å²) in [6.45, 7) is 4.74. The first kappa shape index (κ1) is 62.0. The van der Waals surface area contributed by atoms with Gasteiger partial charge in [-0.05, 0) is 38.5 Å². The minimum absolute atomic E-state index is 0.152. The first-order valence-electron chi connectivity index (χ1n) is 27.3. The number of hydrogen-bond donors (Lipinski definition) is 0. The Morgan fingerprint density at radius 3 is 1.16 bits per heavy atom. The summed E-state index contributed by atoms with van der Waals surface area (Å²) in [5, 5.41) is 11.7. The zero-order chi connectivity index (χ0) is 47.0. The molecule has 0 N–H and O–H groups in total. The summed E-state index contributed by atoms with van der Waals surface area (Å²) in [6.07, 6.45) is 50.1. The number of allylic oxidation sites excluding steroid dienone is 2. The van der Waals surface area contributed by atoms with Crippen molar-refractivity contribution in [2.75, 3.05) is 47.5 Å². The average Bonchev–Trinajstić information content (AvgIpc) is 3.26. The summed E-state index contributed by atoms with van der Waals surface area (Å²) in [4.78, 5) is 36.9. The minimum Gasteiger partial charge on any atom is -0.545 e. The molecule has 0 spiro atoms. The number of rotatable bonds is 51. The second-order valence-electron chi connectivity index (χ2n) is 19.9. The first-order valence-corrected chi connectivity index (χ1v) is 27.3. The van der Waals surface area contributed by atoms with E-state index >= 15 is 0 Å². The summed E-state index contributed by atoms with van der Waals surface area (Å²) in [6, 6.07) is 0. The molecule has 2 atom stereocenters. The van der Waals surface area contributed by atoms with Gasteiger partial charge in [0.05, 0.1) is 40.3 Å². The van der Waals surface area contributed by atoms with Crippen molar-refractivity contribution >= 4 is 17.9 Å². The van der Waals surface area contributed by atoms with Crippen molar-refractivity contribution in [3.63, 3.8) is 0 Å². The smallest absolute Gasteiger partial charge is 0.306 e. The Balaban J connectivity index is 3.98. The van der Waals surface area contributed by atoms with E-state index in [-0.39, 0.29) is 32.2 Å². The van der Waals surface area contributed by atoms with Crippen LogP contribution in [0.1, 0.15) is 264 Å². The van der Waals surface area contributed by atoms with Gasteiger partial charge in [-0.25, -0.2) is 0 Å². The predicted molar refractivity (Wildman–Crippen MR) is 265 cm³/mol. The second kappa shape index (κ2) is 47.5. The fraction of sp³-hybridized carbons (Fsp3) is 0.909. The van der Waals surface area contributed by atoms with E-state index in [1.54, 1.807) is 0 Å². The van der Waals surface area contributed by atoms with Gasteiger partial charge in [-0.15, -0.1) is 0 Å². The molecule has 0 aromatic carbocycles. The van der Waals surface area contributed by atoms with Crippen molar-refractivity contribution in [3.05, 3.63) is 12.2 Å². The third kappa shape index (κ3) is 48.0.